The van der Waals surface area contributed by atoms with Crippen LogP contribution < -0.4 is 4.90 Å². The summed E-state index contributed by atoms with van der Waals surface area (Å²) >= 11 is 6.64. The molecule has 1 aromatic heterocycles. The van der Waals surface area contributed by atoms with Crippen LogP contribution in [-0.4, -0.2) is 70.9 Å². The number of rotatable bonds is 6. The van der Waals surface area contributed by atoms with E-state index in [9.17, 15) is 9.90 Å². The fraction of sp³-hybridized carbons (Fsp3) is 0.531. The number of hydrogen-bond acceptors (Lipinski definition) is 4. The maximum absolute atomic E-state index is 11.9. The molecule has 1 N–H and O–H groups in total. The number of anilines is 1. The Morgan fingerprint density at radius 2 is 1.74 bits per heavy atom. The standard InChI is InChI=1S/C32H39ClN4O2/c33-24-8-12-27-28(20-24)35(16-15-34-13-4-14-36(21-34)25-9-10-25)17-18-37-29-19-23(32(38)39)7-11-26(29)30(31(27)37)22-5-2-1-3-6-22/h7-8,11-12,19-20,22,25H,1-6,9-10,13-18,21H2,(H,38,39). The van der Waals surface area contributed by atoms with E-state index in [0.717, 1.165) is 49.4 Å². The van der Waals surface area contributed by atoms with Gasteiger partial charge in [-0.05, 0) is 73.9 Å². The van der Waals surface area contributed by atoms with E-state index in [0.29, 0.717) is 11.5 Å². The number of fused-ring (bicyclic) bond motifs is 5. The van der Waals surface area contributed by atoms with Crippen LogP contribution in [0.2, 0.25) is 5.02 Å². The maximum Gasteiger partial charge on any atom is 0.335 e. The Kier molecular flexibility index (Phi) is 6.82. The van der Waals surface area contributed by atoms with Crippen molar-refractivity contribution in [1.82, 2.24) is 14.4 Å². The van der Waals surface area contributed by atoms with Crippen LogP contribution >= 0.6 is 11.6 Å². The maximum atomic E-state index is 11.9. The van der Waals surface area contributed by atoms with Crippen molar-refractivity contribution < 1.29 is 9.90 Å². The number of hydrogen-bond donors (Lipinski definition) is 1. The third-order valence-corrected chi connectivity index (χ3v) is 9.80. The van der Waals surface area contributed by atoms with E-state index in [1.54, 1.807) is 6.07 Å². The number of carbonyl (C=O) groups is 1. The van der Waals surface area contributed by atoms with Crippen molar-refractivity contribution in [3.05, 3.63) is 52.5 Å². The average Bonchev–Trinajstić information content (AvgIpc) is 3.77. The third kappa shape index (κ3) is 4.85. The molecule has 39 heavy (non-hydrogen) atoms. The number of aromatic nitrogens is 1. The lowest BCUT2D eigenvalue weighted by molar-refractivity contribution is 0.0697. The van der Waals surface area contributed by atoms with Crippen molar-refractivity contribution in [3.63, 3.8) is 0 Å². The van der Waals surface area contributed by atoms with Crippen LogP contribution in [0.5, 0.6) is 0 Å². The summed E-state index contributed by atoms with van der Waals surface area (Å²) in [4.78, 5) is 19.8. The molecule has 0 bridgehead atoms. The van der Waals surface area contributed by atoms with Gasteiger partial charge in [0.05, 0.1) is 17.9 Å². The highest BCUT2D eigenvalue weighted by Crippen LogP contribution is 2.48. The largest absolute Gasteiger partial charge is 0.478 e. The lowest BCUT2D eigenvalue weighted by Gasteiger charge is -2.37. The van der Waals surface area contributed by atoms with Crippen molar-refractivity contribution >= 4 is 34.2 Å². The average molecular weight is 547 g/mol. The zero-order chi connectivity index (χ0) is 26.5. The van der Waals surface area contributed by atoms with E-state index in [-0.39, 0.29) is 0 Å². The van der Waals surface area contributed by atoms with Crippen LogP contribution in [0.4, 0.5) is 5.69 Å². The Morgan fingerprint density at radius 3 is 2.54 bits per heavy atom. The van der Waals surface area contributed by atoms with Gasteiger partial charge in [0.15, 0.2) is 0 Å². The van der Waals surface area contributed by atoms with E-state index in [4.69, 9.17) is 11.6 Å². The summed E-state index contributed by atoms with van der Waals surface area (Å²) in [5.41, 5.74) is 6.58. The van der Waals surface area contributed by atoms with Gasteiger partial charge in [-0.25, -0.2) is 4.79 Å². The van der Waals surface area contributed by atoms with Crippen molar-refractivity contribution in [3.8, 4) is 11.3 Å². The van der Waals surface area contributed by atoms with Gasteiger partial charge in [0.1, 0.15) is 0 Å². The van der Waals surface area contributed by atoms with E-state index in [1.165, 1.54) is 92.4 Å². The predicted molar refractivity (Wildman–Crippen MR) is 158 cm³/mol. The van der Waals surface area contributed by atoms with Gasteiger partial charge in [0.2, 0.25) is 0 Å². The zero-order valence-electron chi connectivity index (χ0n) is 22.7. The van der Waals surface area contributed by atoms with Gasteiger partial charge in [-0.15, -0.1) is 0 Å². The molecule has 206 valence electrons. The summed E-state index contributed by atoms with van der Waals surface area (Å²) < 4.78 is 2.42. The van der Waals surface area contributed by atoms with Gasteiger partial charge < -0.3 is 14.6 Å². The second-order valence-corrected chi connectivity index (χ2v) is 12.5. The van der Waals surface area contributed by atoms with E-state index in [1.807, 2.05) is 12.1 Å². The monoisotopic (exact) mass is 546 g/mol. The smallest absolute Gasteiger partial charge is 0.335 e. The van der Waals surface area contributed by atoms with Crippen molar-refractivity contribution in [2.24, 2.45) is 0 Å². The molecule has 0 atom stereocenters. The van der Waals surface area contributed by atoms with Crippen molar-refractivity contribution in [1.29, 1.82) is 0 Å². The number of carboxylic acids is 1. The molecule has 2 saturated carbocycles. The first-order chi connectivity index (χ1) is 19.1. The van der Waals surface area contributed by atoms with Gasteiger partial charge in [0, 0.05) is 72.5 Å². The molecule has 2 aliphatic carbocycles. The van der Waals surface area contributed by atoms with Crippen LogP contribution in [0.3, 0.4) is 0 Å². The molecule has 0 spiro atoms. The second-order valence-electron chi connectivity index (χ2n) is 12.1. The van der Waals surface area contributed by atoms with Crippen LogP contribution in [0.15, 0.2) is 36.4 Å². The minimum Gasteiger partial charge on any atom is -0.478 e. The highest BCUT2D eigenvalue weighted by molar-refractivity contribution is 6.31. The minimum atomic E-state index is -0.865. The Morgan fingerprint density at radius 1 is 0.897 bits per heavy atom. The van der Waals surface area contributed by atoms with Gasteiger partial charge in [0.25, 0.3) is 0 Å². The SMILES string of the molecule is O=C(O)c1ccc2c(C3CCCCC3)c3n(c2c1)CCN(CCN1CCCN(C2CC2)C1)c1cc(Cl)ccc1-3. The molecule has 3 heterocycles. The Balaban J connectivity index is 1.28. The first-order valence-corrected chi connectivity index (χ1v) is 15.4. The minimum absolute atomic E-state index is 0.362. The van der Waals surface area contributed by atoms with E-state index >= 15 is 0 Å². The molecule has 4 aliphatic rings. The number of carboxylic acid groups (broad SMARTS) is 1. The van der Waals surface area contributed by atoms with E-state index < -0.39 is 5.97 Å². The summed E-state index contributed by atoms with van der Waals surface area (Å²) in [7, 11) is 0. The van der Waals surface area contributed by atoms with Gasteiger partial charge in [-0.3, -0.25) is 9.80 Å². The van der Waals surface area contributed by atoms with Crippen LogP contribution in [0.25, 0.3) is 22.2 Å². The zero-order valence-corrected chi connectivity index (χ0v) is 23.5. The summed E-state index contributed by atoms with van der Waals surface area (Å²) in [6.07, 6.45) is 10.2. The highest BCUT2D eigenvalue weighted by atomic mass is 35.5. The topological polar surface area (TPSA) is 52.0 Å². The fourth-order valence-corrected chi connectivity index (χ4v) is 7.62. The first kappa shape index (κ1) is 25.4. The van der Waals surface area contributed by atoms with Crippen LogP contribution in [0.1, 0.15) is 73.2 Å². The Hall–Kier alpha value is -2.54. The molecule has 7 rings (SSSR count). The Bertz CT molecular complexity index is 1390. The lowest BCUT2D eigenvalue weighted by Crippen LogP contribution is -2.48. The normalized spacial score (nSPS) is 21.1. The van der Waals surface area contributed by atoms with Gasteiger partial charge in [-0.2, -0.15) is 0 Å². The molecule has 3 aromatic rings. The highest BCUT2D eigenvalue weighted by Gasteiger charge is 2.33. The lowest BCUT2D eigenvalue weighted by atomic mass is 9.81. The molecule has 2 aromatic carbocycles. The predicted octanol–water partition coefficient (Wildman–Crippen LogP) is 6.66. The number of halogens is 1. The van der Waals surface area contributed by atoms with Crippen molar-refractivity contribution in [2.45, 2.75) is 69.9 Å². The summed E-state index contributed by atoms with van der Waals surface area (Å²) in [5, 5.41) is 11.8. The molecular weight excluding hydrogens is 508 g/mol. The van der Waals surface area contributed by atoms with Gasteiger partial charge in [-0.1, -0.05) is 36.9 Å². The number of nitrogens with zero attached hydrogens (tertiary/aromatic N) is 4. The van der Waals surface area contributed by atoms with Crippen LogP contribution in [0, 0.1) is 0 Å². The second kappa shape index (κ2) is 10.5. The number of aromatic carboxylic acids is 1. The van der Waals surface area contributed by atoms with Crippen LogP contribution in [-0.2, 0) is 6.54 Å². The summed E-state index contributed by atoms with van der Waals surface area (Å²) in [5.74, 6) is -0.360. The van der Waals surface area contributed by atoms with Gasteiger partial charge >= 0.3 is 5.97 Å². The summed E-state index contributed by atoms with van der Waals surface area (Å²) in [6.45, 7) is 7.24. The molecule has 0 unspecified atom stereocenters. The first-order valence-electron chi connectivity index (χ1n) is 15.0. The molecule has 7 heteroatoms. The summed E-state index contributed by atoms with van der Waals surface area (Å²) in [6, 6.07) is 13.0. The quantitative estimate of drug-likeness (QED) is 0.375. The molecule has 0 radical (unpaired) electrons. The molecule has 2 aliphatic heterocycles. The third-order valence-electron chi connectivity index (χ3n) is 9.56. The van der Waals surface area contributed by atoms with Crippen molar-refractivity contribution in [2.75, 3.05) is 44.3 Å². The molecule has 1 saturated heterocycles. The fourth-order valence-electron chi connectivity index (χ4n) is 7.45. The molecule has 6 nitrogen and oxygen atoms in total. The molecule has 0 amide bonds. The Labute approximate surface area is 236 Å². The number of benzene rings is 2. The van der Waals surface area contributed by atoms with E-state index in [2.05, 4.69) is 37.5 Å². The molecular formula is C32H39ClN4O2. The molecule has 3 fully saturated rings.